The molecule has 4 rings (SSSR count). The molecule has 0 fully saturated rings. The topological polar surface area (TPSA) is 123 Å². The smallest absolute Gasteiger partial charge is 0.155 e. The number of nitrogens with two attached hydrogens (primary N) is 2. The van der Waals surface area contributed by atoms with Gasteiger partial charge in [-0.3, -0.25) is 4.79 Å². The third kappa shape index (κ3) is 4.42. The number of hydrogen-bond acceptors (Lipinski definition) is 6. The molecule has 2 heterocycles. The summed E-state index contributed by atoms with van der Waals surface area (Å²) >= 11 is 0. The maximum Gasteiger partial charge on any atom is 0.155 e. The molecule has 0 aliphatic heterocycles. The Hall–Kier alpha value is -3.84. The number of anilines is 1. The summed E-state index contributed by atoms with van der Waals surface area (Å²) in [5.41, 5.74) is 16.0. The average molecular weight is 398 g/mol. The van der Waals surface area contributed by atoms with Crippen molar-refractivity contribution >= 4 is 33.9 Å². The molecule has 0 aliphatic rings. The van der Waals surface area contributed by atoms with E-state index < -0.39 is 6.04 Å². The van der Waals surface area contributed by atoms with Gasteiger partial charge in [-0.2, -0.15) is 5.11 Å². The summed E-state index contributed by atoms with van der Waals surface area (Å²) in [6.45, 7) is 0. The quantitative estimate of drug-likeness (QED) is 0.403. The molecule has 1 atom stereocenters. The molecular formula is C23H22N6O. The predicted molar refractivity (Wildman–Crippen MR) is 118 cm³/mol. The molecule has 2 aromatic heterocycles. The van der Waals surface area contributed by atoms with Gasteiger partial charge in [-0.25, -0.2) is 4.98 Å². The second kappa shape index (κ2) is 8.67. The van der Waals surface area contributed by atoms with E-state index >= 15 is 0 Å². The minimum Gasteiger partial charge on any atom is -0.382 e. The lowest BCUT2D eigenvalue weighted by Gasteiger charge is -2.10. The van der Waals surface area contributed by atoms with Crippen molar-refractivity contribution in [2.75, 3.05) is 5.73 Å². The number of Topliss-reactive ketones (excluding diaryl/α,β-unsaturated/α-hetero) is 1. The second-order valence-electron chi connectivity index (χ2n) is 7.06. The van der Waals surface area contributed by atoms with E-state index in [1.54, 1.807) is 12.1 Å². The van der Waals surface area contributed by atoms with Crippen LogP contribution in [-0.4, -0.2) is 21.8 Å². The van der Waals surface area contributed by atoms with Crippen LogP contribution in [0.2, 0.25) is 0 Å². The number of aromatic nitrogens is 2. The summed E-state index contributed by atoms with van der Waals surface area (Å²) in [5.74, 6) is 0.135. The number of fused-ring (bicyclic) bond motifs is 1. The first-order valence-electron chi connectivity index (χ1n) is 9.65. The number of H-pyrrole nitrogens is 1. The van der Waals surface area contributed by atoms with Gasteiger partial charge in [-0.1, -0.05) is 36.4 Å². The molecule has 7 heteroatoms. The van der Waals surface area contributed by atoms with Crippen LogP contribution in [0.5, 0.6) is 0 Å². The largest absolute Gasteiger partial charge is 0.382 e. The van der Waals surface area contributed by atoms with Crippen LogP contribution in [0.25, 0.3) is 10.9 Å². The lowest BCUT2D eigenvalue weighted by atomic mass is 10.00. The van der Waals surface area contributed by atoms with E-state index in [4.69, 9.17) is 11.5 Å². The van der Waals surface area contributed by atoms with E-state index in [2.05, 4.69) is 20.2 Å². The number of azo groups is 1. The zero-order chi connectivity index (χ0) is 20.9. The molecule has 0 radical (unpaired) electrons. The van der Waals surface area contributed by atoms with Gasteiger partial charge in [0.05, 0.1) is 23.8 Å². The summed E-state index contributed by atoms with van der Waals surface area (Å²) in [6, 6.07) is 20.1. The number of rotatable bonds is 7. The molecule has 4 aromatic rings. The fourth-order valence-electron chi connectivity index (χ4n) is 3.26. The van der Waals surface area contributed by atoms with Crippen LogP contribution in [0.1, 0.15) is 11.3 Å². The fourth-order valence-corrected chi connectivity index (χ4v) is 3.26. The molecule has 0 unspecified atom stereocenters. The predicted octanol–water partition coefficient (Wildman–Crippen LogP) is 4.24. The number of ketones is 1. The molecule has 0 aliphatic carbocycles. The van der Waals surface area contributed by atoms with Crippen LogP contribution in [0, 0.1) is 0 Å². The van der Waals surface area contributed by atoms with Crippen molar-refractivity contribution in [1.82, 2.24) is 9.97 Å². The molecule has 0 spiro atoms. The molecule has 0 saturated heterocycles. The van der Waals surface area contributed by atoms with Crippen molar-refractivity contribution < 1.29 is 4.79 Å². The minimum absolute atomic E-state index is 0.0918. The average Bonchev–Trinajstić information content (AvgIpc) is 3.17. The van der Waals surface area contributed by atoms with E-state index in [1.165, 1.54) is 0 Å². The van der Waals surface area contributed by atoms with Gasteiger partial charge in [0, 0.05) is 17.1 Å². The van der Waals surface area contributed by atoms with E-state index in [0.717, 1.165) is 22.2 Å². The SMILES string of the molecule is Nc1nc(CC(=O)[C@@H](N)Cc2c[nH]c3ccccc23)ccc1N=Nc1ccccc1. The lowest BCUT2D eigenvalue weighted by Crippen LogP contribution is -2.34. The fraction of sp³-hybridized carbons (Fsp3) is 0.130. The van der Waals surface area contributed by atoms with Gasteiger partial charge < -0.3 is 16.5 Å². The van der Waals surface area contributed by atoms with Gasteiger partial charge in [-0.15, -0.1) is 5.11 Å². The van der Waals surface area contributed by atoms with Gasteiger partial charge in [-0.05, 0) is 42.3 Å². The Balaban J connectivity index is 1.41. The monoisotopic (exact) mass is 398 g/mol. The third-order valence-corrected chi connectivity index (χ3v) is 4.87. The first-order chi connectivity index (χ1) is 14.6. The number of pyridine rings is 1. The number of nitrogens with zero attached hydrogens (tertiary/aromatic N) is 3. The number of nitrogens with one attached hydrogen (secondary N) is 1. The van der Waals surface area contributed by atoms with Gasteiger partial charge >= 0.3 is 0 Å². The van der Waals surface area contributed by atoms with Crippen molar-refractivity contribution in [3.8, 4) is 0 Å². The maximum absolute atomic E-state index is 12.6. The summed E-state index contributed by atoms with van der Waals surface area (Å²) in [7, 11) is 0. The Morgan fingerprint density at radius 3 is 2.57 bits per heavy atom. The number of aromatic amines is 1. The lowest BCUT2D eigenvalue weighted by molar-refractivity contribution is -0.119. The summed E-state index contributed by atoms with van der Waals surface area (Å²) < 4.78 is 0. The van der Waals surface area contributed by atoms with Gasteiger partial charge in [0.1, 0.15) is 5.69 Å². The van der Waals surface area contributed by atoms with Gasteiger partial charge in [0.25, 0.3) is 0 Å². The molecule has 0 amide bonds. The Bertz CT molecular complexity index is 1200. The zero-order valence-corrected chi connectivity index (χ0v) is 16.3. The highest BCUT2D eigenvalue weighted by Gasteiger charge is 2.17. The van der Waals surface area contributed by atoms with Gasteiger partial charge in [0.15, 0.2) is 11.6 Å². The first kappa shape index (κ1) is 19.5. The molecule has 150 valence electrons. The van der Waals surface area contributed by atoms with Crippen molar-refractivity contribution in [3.05, 3.63) is 84.2 Å². The number of nitrogen functional groups attached to an aromatic ring is 1. The molecule has 5 N–H and O–H groups in total. The number of benzene rings is 2. The zero-order valence-electron chi connectivity index (χ0n) is 16.3. The Labute approximate surface area is 173 Å². The molecular weight excluding hydrogens is 376 g/mol. The van der Waals surface area contributed by atoms with Crippen LogP contribution in [0.3, 0.4) is 0 Å². The summed E-state index contributed by atoms with van der Waals surface area (Å²) in [4.78, 5) is 20.1. The first-order valence-corrected chi connectivity index (χ1v) is 9.65. The van der Waals surface area contributed by atoms with E-state index in [0.29, 0.717) is 17.8 Å². The highest BCUT2D eigenvalue weighted by molar-refractivity contribution is 5.88. The van der Waals surface area contributed by atoms with Crippen LogP contribution < -0.4 is 11.5 Å². The van der Waals surface area contributed by atoms with Crippen LogP contribution in [-0.2, 0) is 17.6 Å². The molecule has 0 saturated carbocycles. The highest BCUT2D eigenvalue weighted by Crippen LogP contribution is 2.24. The molecule has 0 bridgehead atoms. The van der Waals surface area contributed by atoms with Crippen molar-refractivity contribution in [2.24, 2.45) is 16.0 Å². The van der Waals surface area contributed by atoms with E-state index in [9.17, 15) is 4.79 Å². The van der Waals surface area contributed by atoms with Crippen LogP contribution in [0.15, 0.2) is 83.2 Å². The van der Waals surface area contributed by atoms with Crippen LogP contribution >= 0.6 is 0 Å². The number of carbonyl (C=O) groups excluding carboxylic acids is 1. The second-order valence-corrected chi connectivity index (χ2v) is 7.06. The Morgan fingerprint density at radius 2 is 1.77 bits per heavy atom. The number of para-hydroxylation sites is 1. The number of hydrogen-bond donors (Lipinski definition) is 3. The normalized spacial score (nSPS) is 12.4. The molecule has 2 aromatic carbocycles. The third-order valence-electron chi connectivity index (χ3n) is 4.87. The van der Waals surface area contributed by atoms with Crippen molar-refractivity contribution in [2.45, 2.75) is 18.9 Å². The van der Waals surface area contributed by atoms with Crippen molar-refractivity contribution in [3.63, 3.8) is 0 Å². The van der Waals surface area contributed by atoms with E-state index in [1.807, 2.05) is 60.8 Å². The van der Waals surface area contributed by atoms with E-state index in [-0.39, 0.29) is 18.0 Å². The summed E-state index contributed by atoms with van der Waals surface area (Å²) in [6.07, 6.45) is 2.48. The van der Waals surface area contributed by atoms with Crippen LogP contribution in [0.4, 0.5) is 17.2 Å². The Kier molecular flexibility index (Phi) is 5.63. The standard InChI is InChI=1S/C23H22N6O/c24-19(12-15-14-26-20-9-5-4-8-18(15)20)22(30)13-17-10-11-21(23(25)27-17)29-28-16-6-2-1-3-7-16/h1-11,14,19,26H,12-13,24H2,(H2,25,27)/t19-/m0/s1. The maximum atomic E-state index is 12.6. The molecule has 7 nitrogen and oxygen atoms in total. The number of carbonyl (C=O) groups is 1. The van der Waals surface area contributed by atoms with Gasteiger partial charge in [0.2, 0.25) is 0 Å². The Morgan fingerprint density at radius 1 is 1.00 bits per heavy atom. The van der Waals surface area contributed by atoms with Crippen molar-refractivity contribution in [1.29, 1.82) is 0 Å². The minimum atomic E-state index is -0.621. The highest BCUT2D eigenvalue weighted by atomic mass is 16.1. The molecule has 30 heavy (non-hydrogen) atoms. The summed E-state index contributed by atoms with van der Waals surface area (Å²) in [5, 5.41) is 9.35.